The molecule has 0 fully saturated rings. The summed E-state index contributed by atoms with van der Waals surface area (Å²) < 4.78 is 13.8. The number of aromatic nitrogens is 1. The van der Waals surface area contributed by atoms with Crippen LogP contribution >= 0.6 is 11.3 Å². The number of benzene rings is 2. The van der Waals surface area contributed by atoms with E-state index < -0.39 is 0 Å². The number of ether oxygens (including phenoxy) is 2. The van der Waals surface area contributed by atoms with Gasteiger partial charge in [-0.1, -0.05) is 23.5 Å². The average Bonchev–Trinajstić information content (AvgIpc) is 2.97. The molecule has 0 atom stereocenters. The number of hydrogen-bond acceptors (Lipinski definition) is 4. The van der Waals surface area contributed by atoms with Crippen molar-refractivity contribution in [1.29, 1.82) is 0 Å². The van der Waals surface area contributed by atoms with Gasteiger partial charge in [-0.05, 0) is 49.2 Å². The van der Waals surface area contributed by atoms with Gasteiger partial charge in [-0.25, -0.2) is 0 Å². The van der Waals surface area contributed by atoms with E-state index in [0.29, 0.717) is 22.8 Å². The van der Waals surface area contributed by atoms with Crippen molar-refractivity contribution in [2.45, 2.75) is 20.4 Å². The van der Waals surface area contributed by atoms with Gasteiger partial charge in [-0.2, -0.15) is 4.99 Å². The molecule has 1 aromatic heterocycles. The average molecular weight is 382 g/mol. The minimum atomic E-state index is -0.337. The summed E-state index contributed by atoms with van der Waals surface area (Å²) in [6, 6.07) is 11.4. The van der Waals surface area contributed by atoms with E-state index in [4.69, 9.17) is 9.47 Å². The first-order valence-electron chi connectivity index (χ1n) is 8.57. The third-order valence-corrected chi connectivity index (χ3v) is 5.27. The molecule has 5 nitrogen and oxygen atoms in total. The number of carbonyl (C=O) groups is 1. The molecule has 3 rings (SSSR count). The van der Waals surface area contributed by atoms with Gasteiger partial charge in [0.1, 0.15) is 11.5 Å². The second-order valence-corrected chi connectivity index (χ2v) is 7.17. The largest absolute Gasteiger partial charge is 0.497 e. The molecule has 27 heavy (non-hydrogen) atoms. The van der Waals surface area contributed by atoms with Gasteiger partial charge in [0.25, 0.3) is 5.91 Å². The number of nitrogens with zero attached hydrogens (tertiary/aromatic N) is 2. The molecule has 0 N–H and O–H groups in total. The lowest BCUT2D eigenvalue weighted by atomic mass is 10.1. The van der Waals surface area contributed by atoms with Crippen molar-refractivity contribution in [2.75, 3.05) is 13.7 Å². The molecule has 0 bridgehead atoms. The summed E-state index contributed by atoms with van der Waals surface area (Å²) in [5.41, 5.74) is 3.48. The zero-order chi connectivity index (χ0) is 19.4. The molecule has 0 unspecified atom stereocenters. The Morgan fingerprint density at radius 2 is 1.96 bits per heavy atom. The Kier molecular flexibility index (Phi) is 5.76. The van der Waals surface area contributed by atoms with Crippen molar-refractivity contribution in [3.8, 4) is 11.5 Å². The summed E-state index contributed by atoms with van der Waals surface area (Å²) in [5.74, 6) is 0.908. The van der Waals surface area contributed by atoms with E-state index in [2.05, 4.69) is 37.6 Å². The van der Waals surface area contributed by atoms with Crippen LogP contribution in [0.3, 0.4) is 0 Å². The van der Waals surface area contributed by atoms with Gasteiger partial charge in [-0.3, -0.25) is 4.79 Å². The highest BCUT2D eigenvalue weighted by molar-refractivity contribution is 7.16. The zero-order valence-electron chi connectivity index (χ0n) is 15.7. The third kappa shape index (κ3) is 4.28. The number of rotatable bonds is 6. The molecule has 1 heterocycles. The molecular formula is C21H22N2O3S. The normalized spacial score (nSPS) is 11.6. The van der Waals surface area contributed by atoms with Crippen molar-refractivity contribution in [3.05, 3.63) is 65.0 Å². The van der Waals surface area contributed by atoms with Gasteiger partial charge in [0, 0.05) is 12.6 Å². The zero-order valence-corrected chi connectivity index (χ0v) is 16.5. The quantitative estimate of drug-likeness (QED) is 0.605. The molecule has 0 aliphatic rings. The maximum absolute atomic E-state index is 12.4. The first-order chi connectivity index (χ1) is 13.0. The third-order valence-electron chi connectivity index (χ3n) is 4.23. The summed E-state index contributed by atoms with van der Waals surface area (Å²) in [6.45, 7) is 8.43. The van der Waals surface area contributed by atoms with E-state index in [1.54, 1.807) is 25.3 Å². The Labute approximate surface area is 162 Å². The van der Waals surface area contributed by atoms with Gasteiger partial charge in [0.15, 0.2) is 11.4 Å². The Bertz CT molecular complexity index is 1060. The van der Waals surface area contributed by atoms with Crippen LogP contribution in [0.5, 0.6) is 11.5 Å². The molecule has 2 aromatic carbocycles. The Hall–Kier alpha value is -2.86. The number of thiazole rings is 1. The second-order valence-electron chi connectivity index (χ2n) is 6.16. The molecule has 6 heteroatoms. The highest BCUT2D eigenvalue weighted by Crippen LogP contribution is 2.22. The molecular weight excluding hydrogens is 360 g/mol. The molecule has 0 radical (unpaired) electrons. The van der Waals surface area contributed by atoms with Crippen molar-refractivity contribution in [1.82, 2.24) is 4.57 Å². The molecule has 1 amide bonds. The fourth-order valence-electron chi connectivity index (χ4n) is 2.69. The fourth-order valence-corrected chi connectivity index (χ4v) is 3.82. The van der Waals surface area contributed by atoms with Crippen molar-refractivity contribution < 1.29 is 14.3 Å². The Morgan fingerprint density at radius 3 is 2.70 bits per heavy atom. The van der Waals surface area contributed by atoms with Crippen LogP contribution in [0.1, 0.15) is 11.1 Å². The lowest BCUT2D eigenvalue weighted by molar-refractivity contribution is -0.120. The molecule has 0 saturated heterocycles. The van der Waals surface area contributed by atoms with E-state index in [-0.39, 0.29) is 12.5 Å². The fraction of sp³-hybridized carbons (Fsp3) is 0.238. The lowest BCUT2D eigenvalue weighted by Crippen LogP contribution is -2.19. The number of carbonyl (C=O) groups excluding carboxylic acids is 1. The standard InChI is InChI=1S/C21H22N2O3S/c1-5-9-23-18-10-14(2)15(3)11-19(18)27-21(23)22-20(24)13-26-17-8-6-7-16(12-17)25-4/h5-8,10-12H,1,9,13H2,2-4H3. The van der Waals surface area contributed by atoms with Gasteiger partial charge in [-0.15, -0.1) is 6.58 Å². The first kappa shape index (κ1) is 18.9. The summed E-state index contributed by atoms with van der Waals surface area (Å²) in [4.78, 5) is 17.3. The lowest BCUT2D eigenvalue weighted by Gasteiger charge is -2.05. The second kappa shape index (κ2) is 8.22. The number of allylic oxidation sites excluding steroid dienone is 1. The Balaban J connectivity index is 1.88. The maximum atomic E-state index is 12.4. The molecule has 0 aliphatic heterocycles. The first-order valence-corrected chi connectivity index (χ1v) is 9.39. The van der Waals surface area contributed by atoms with Crippen LogP contribution in [-0.4, -0.2) is 24.2 Å². The van der Waals surface area contributed by atoms with Gasteiger partial charge in [0.05, 0.1) is 17.3 Å². The van der Waals surface area contributed by atoms with E-state index in [0.717, 1.165) is 10.2 Å². The van der Waals surface area contributed by atoms with Crippen LogP contribution in [0.2, 0.25) is 0 Å². The van der Waals surface area contributed by atoms with Crippen molar-refractivity contribution >= 4 is 27.5 Å². The van der Waals surface area contributed by atoms with Gasteiger partial charge >= 0.3 is 0 Å². The van der Waals surface area contributed by atoms with Crippen molar-refractivity contribution in [3.63, 3.8) is 0 Å². The molecule has 0 spiro atoms. The highest BCUT2D eigenvalue weighted by Gasteiger charge is 2.09. The van der Waals surface area contributed by atoms with Crippen LogP contribution < -0.4 is 14.3 Å². The minimum Gasteiger partial charge on any atom is -0.497 e. The number of aryl methyl sites for hydroxylation is 2. The van der Waals surface area contributed by atoms with Crippen LogP contribution in [0.25, 0.3) is 10.2 Å². The molecule has 0 aliphatic carbocycles. The van der Waals surface area contributed by atoms with E-state index >= 15 is 0 Å². The predicted octanol–water partition coefficient (Wildman–Crippen LogP) is 4.02. The van der Waals surface area contributed by atoms with Crippen LogP contribution in [0.15, 0.2) is 54.0 Å². The maximum Gasteiger partial charge on any atom is 0.286 e. The molecule has 140 valence electrons. The van der Waals surface area contributed by atoms with E-state index in [9.17, 15) is 4.79 Å². The summed E-state index contributed by atoms with van der Waals surface area (Å²) in [5, 5.41) is 0. The topological polar surface area (TPSA) is 52.8 Å². The number of hydrogen-bond donors (Lipinski definition) is 0. The van der Waals surface area contributed by atoms with Crippen LogP contribution in [-0.2, 0) is 11.3 Å². The SMILES string of the molecule is C=CCn1c(=NC(=O)COc2cccc(OC)c2)sc2cc(C)c(C)cc21. The summed E-state index contributed by atoms with van der Waals surface area (Å²) in [7, 11) is 1.59. The summed E-state index contributed by atoms with van der Waals surface area (Å²) >= 11 is 1.49. The van der Waals surface area contributed by atoms with E-state index in [1.165, 1.54) is 22.5 Å². The van der Waals surface area contributed by atoms with E-state index in [1.807, 2.05) is 16.7 Å². The minimum absolute atomic E-state index is 0.131. The number of methoxy groups -OCH3 is 1. The number of amides is 1. The summed E-state index contributed by atoms with van der Waals surface area (Å²) in [6.07, 6.45) is 1.80. The highest BCUT2D eigenvalue weighted by atomic mass is 32.1. The predicted molar refractivity (Wildman–Crippen MR) is 109 cm³/mol. The molecule has 3 aromatic rings. The van der Waals surface area contributed by atoms with Crippen LogP contribution in [0, 0.1) is 13.8 Å². The molecule has 0 saturated carbocycles. The van der Waals surface area contributed by atoms with Gasteiger partial charge in [0.2, 0.25) is 0 Å². The van der Waals surface area contributed by atoms with Crippen LogP contribution in [0.4, 0.5) is 0 Å². The smallest absolute Gasteiger partial charge is 0.286 e. The number of fused-ring (bicyclic) bond motifs is 1. The Morgan fingerprint density at radius 1 is 1.22 bits per heavy atom. The monoisotopic (exact) mass is 382 g/mol. The van der Waals surface area contributed by atoms with Gasteiger partial charge < -0.3 is 14.0 Å². The van der Waals surface area contributed by atoms with Crippen molar-refractivity contribution in [2.24, 2.45) is 4.99 Å².